The highest BCUT2D eigenvalue weighted by atomic mass is 35.5. The highest BCUT2D eigenvalue weighted by molar-refractivity contribution is 7.99. The van der Waals surface area contributed by atoms with Gasteiger partial charge >= 0.3 is 0 Å². The Morgan fingerprint density at radius 3 is 2.71 bits per heavy atom. The van der Waals surface area contributed by atoms with Crippen LogP contribution in [0.25, 0.3) is 0 Å². The molecule has 0 aliphatic rings. The molecule has 0 fully saturated rings. The van der Waals surface area contributed by atoms with Crippen molar-refractivity contribution in [2.45, 2.75) is 18.6 Å². The van der Waals surface area contributed by atoms with Gasteiger partial charge in [-0.3, -0.25) is 4.79 Å². The predicted molar refractivity (Wildman–Crippen MR) is 75.8 cm³/mol. The third-order valence-electron chi connectivity index (χ3n) is 2.50. The van der Waals surface area contributed by atoms with Crippen LogP contribution in [0.4, 0.5) is 5.69 Å². The molecule has 3 N–H and O–H groups in total. The molecule has 1 rings (SSSR count). The van der Waals surface area contributed by atoms with Gasteiger partial charge in [-0.25, -0.2) is 0 Å². The first kappa shape index (κ1) is 14.2. The first-order valence-corrected chi connectivity index (χ1v) is 6.85. The summed E-state index contributed by atoms with van der Waals surface area (Å²) >= 11 is 7.66. The van der Waals surface area contributed by atoms with Gasteiger partial charge in [0.25, 0.3) is 5.91 Å². The lowest BCUT2D eigenvalue weighted by atomic mass is 10.1. The van der Waals surface area contributed by atoms with Crippen molar-refractivity contribution in [3.8, 4) is 0 Å². The molecule has 0 aliphatic carbocycles. The average molecular weight is 273 g/mol. The highest BCUT2D eigenvalue weighted by Crippen LogP contribution is 2.23. The minimum absolute atomic E-state index is 0.00826. The quantitative estimate of drug-likeness (QED) is 0.829. The molecule has 0 atom stereocenters. The first-order valence-electron chi connectivity index (χ1n) is 5.25. The summed E-state index contributed by atoms with van der Waals surface area (Å²) in [5.74, 6) is -0.227. The van der Waals surface area contributed by atoms with Crippen LogP contribution >= 0.6 is 23.4 Å². The summed E-state index contributed by atoms with van der Waals surface area (Å²) in [7, 11) is 0. The Kier molecular flexibility index (Phi) is 4.71. The number of nitrogens with two attached hydrogens (primary N) is 1. The number of anilines is 1. The second-order valence-corrected chi connectivity index (χ2v) is 6.27. The van der Waals surface area contributed by atoms with E-state index in [0.717, 1.165) is 0 Å². The molecule has 0 spiro atoms. The van der Waals surface area contributed by atoms with Crippen molar-refractivity contribution in [3.63, 3.8) is 0 Å². The lowest BCUT2D eigenvalue weighted by Gasteiger charge is -2.22. The number of carbonyl (C=O) groups excluding carboxylic acids is 1. The summed E-state index contributed by atoms with van der Waals surface area (Å²) in [6.07, 6.45) is 2.01. The predicted octanol–water partition coefficient (Wildman–Crippen LogP) is 2.79. The van der Waals surface area contributed by atoms with E-state index in [1.165, 1.54) is 0 Å². The zero-order valence-corrected chi connectivity index (χ0v) is 11.8. The Hall–Kier alpha value is -0.870. The SMILES string of the molecule is CSC(C)(C)CNC(=O)c1c(N)cccc1Cl. The van der Waals surface area contributed by atoms with Crippen molar-refractivity contribution in [3.05, 3.63) is 28.8 Å². The largest absolute Gasteiger partial charge is 0.398 e. The van der Waals surface area contributed by atoms with E-state index >= 15 is 0 Å². The minimum atomic E-state index is -0.227. The Bertz CT molecular complexity index is 401. The summed E-state index contributed by atoms with van der Waals surface area (Å²) in [5, 5.41) is 3.23. The maximum Gasteiger partial charge on any atom is 0.254 e. The van der Waals surface area contributed by atoms with Crippen molar-refractivity contribution < 1.29 is 4.79 Å². The van der Waals surface area contributed by atoms with Gasteiger partial charge < -0.3 is 11.1 Å². The molecule has 17 heavy (non-hydrogen) atoms. The second kappa shape index (κ2) is 5.65. The topological polar surface area (TPSA) is 55.1 Å². The molecular formula is C12H17ClN2OS. The molecule has 1 amide bonds. The fourth-order valence-corrected chi connectivity index (χ4v) is 1.72. The van der Waals surface area contributed by atoms with Gasteiger partial charge in [-0.2, -0.15) is 11.8 Å². The fourth-order valence-electron chi connectivity index (χ4n) is 1.23. The molecule has 0 bridgehead atoms. The second-order valence-electron chi connectivity index (χ2n) is 4.35. The number of carbonyl (C=O) groups is 1. The number of benzene rings is 1. The number of hydrogen-bond acceptors (Lipinski definition) is 3. The van der Waals surface area contributed by atoms with Crippen LogP contribution in [0.5, 0.6) is 0 Å². The van der Waals surface area contributed by atoms with Gasteiger partial charge in [0.2, 0.25) is 0 Å². The van der Waals surface area contributed by atoms with Gasteiger partial charge in [0, 0.05) is 17.0 Å². The van der Waals surface area contributed by atoms with Crippen molar-refractivity contribution in [2.24, 2.45) is 0 Å². The third kappa shape index (κ3) is 3.82. The van der Waals surface area contributed by atoms with E-state index in [1.807, 2.05) is 6.26 Å². The van der Waals surface area contributed by atoms with Crippen LogP contribution in [0.2, 0.25) is 5.02 Å². The molecule has 0 aliphatic heterocycles. The van der Waals surface area contributed by atoms with Gasteiger partial charge in [-0.15, -0.1) is 0 Å². The maximum absolute atomic E-state index is 12.0. The van der Waals surface area contributed by atoms with Crippen LogP contribution in [0.1, 0.15) is 24.2 Å². The van der Waals surface area contributed by atoms with Crippen LogP contribution < -0.4 is 11.1 Å². The van der Waals surface area contributed by atoms with E-state index < -0.39 is 0 Å². The lowest BCUT2D eigenvalue weighted by Crippen LogP contribution is -2.36. The molecule has 0 heterocycles. The molecular weight excluding hydrogens is 256 g/mol. The molecule has 0 aromatic heterocycles. The number of thioether (sulfide) groups is 1. The van der Waals surface area contributed by atoms with Gasteiger partial charge in [-0.1, -0.05) is 17.7 Å². The summed E-state index contributed by atoms with van der Waals surface area (Å²) in [4.78, 5) is 12.0. The van der Waals surface area contributed by atoms with E-state index in [1.54, 1.807) is 30.0 Å². The van der Waals surface area contributed by atoms with Crippen LogP contribution in [-0.4, -0.2) is 23.5 Å². The molecule has 1 aromatic rings. The van der Waals surface area contributed by atoms with E-state index in [2.05, 4.69) is 19.2 Å². The normalized spacial score (nSPS) is 11.3. The Labute approximate surface area is 111 Å². The van der Waals surface area contributed by atoms with Crippen molar-refractivity contribution >= 4 is 35.0 Å². The summed E-state index contributed by atoms with van der Waals surface area (Å²) in [6.45, 7) is 4.69. The first-order chi connectivity index (χ1) is 7.87. The standard InChI is InChI=1S/C12H17ClN2OS/c1-12(2,17-3)7-15-11(16)10-8(13)5-4-6-9(10)14/h4-6H,7,14H2,1-3H3,(H,15,16). The number of rotatable bonds is 4. The molecule has 0 radical (unpaired) electrons. The summed E-state index contributed by atoms with van der Waals surface area (Å²) in [6, 6.07) is 5.05. The zero-order valence-electron chi connectivity index (χ0n) is 10.2. The van der Waals surface area contributed by atoms with Crippen molar-refractivity contribution in [1.29, 1.82) is 0 Å². The van der Waals surface area contributed by atoms with Crippen LogP contribution in [0.15, 0.2) is 18.2 Å². The summed E-state index contributed by atoms with van der Waals surface area (Å²) < 4.78 is -0.00826. The maximum atomic E-state index is 12.0. The van der Waals surface area contributed by atoms with Crippen molar-refractivity contribution in [2.75, 3.05) is 18.5 Å². The Morgan fingerprint density at radius 1 is 1.53 bits per heavy atom. The van der Waals surface area contributed by atoms with Crippen molar-refractivity contribution in [1.82, 2.24) is 5.32 Å². The molecule has 0 saturated heterocycles. The molecule has 0 saturated carbocycles. The number of amides is 1. The minimum Gasteiger partial charge on any atom is -0.398 e. The van der Waals surface area contributed by atoms with Gasteiger partial charge in [-0.05, 0) is 32.2 Å². The number of hydrogen-bond donors (Lipinski definition) is 2. The third-order valence-corrected chi connectivity index (χ3v) is 4.06. The smallest absolute Gasteiger partial charge is 0.254 e. The summed E-state index contributed by atoms with van der Waals surface area (Å²) in [5.41, 5.74) is 6.50. The fraction of sp³-hybridized carbons (Fsp3) is 0.417. The van der Waals surface area contributed by atoms with Gasteiger partial charge in [0.05, 0.1) is 10.6 Å². The molecule has 94 valence electrons. The van der Waals surface area contributed by atoms with Crippen LogP contribution in [0.3, 0.4) is 0 Å². The van der Waals surface area contributed by atoms with Crippen LogP contribution in [0, 0.1) is 0 Å². The Balaban J connectivity index is 2.78. The van der Waals surface area contributed by atoms with E-state index in [-0.39, 0.29) is 10.7 Å². The van der Waals surface area contributed by atoms with Gasteiger partial charge in [0.15, 0.2) is 0 Å². The number of nitrogen functional groups attached to an aromatic ring is 1. The van der Waals surface area contributed by atoms with Gasteiger partial charge in [0.1, 0.15) is 0 Å². The molecule has 0 unspecified atom stereocenters. The molecule has 1 aromatic carbocycles. The van der Waals surface area contributed by atoms with Crippen LogP contribution in [-0.2, 0) is 0 Å². The highest BCUT2D eigenvalue weighted by Gasteiger charge is 2.19. The number of halogens is 1. The van der Waals surface area contributed by atoms with E-state index in [9.17, 15) is 4.79 Å². The Morgan fingerprint density at radius 2 is 2.18 bits per heavy atom. The van der Waals surface area contributed by atoms with E-state index in [0.29, 0.717) is 22.8 Å². The van der Waals surface area contributed by atoms with E-state index in [4.69, 9.17) is 17.3 Å². The lowest BCUT2D eigenvalue weighted by molar-refractivity contribution is 0.0952. The molecule has 5 heteroatoms. The molecule has 3 nitrogen and oxygen atoms in total. The average Bonchev–Trinajstić information content (AvgIpc) is 2.26. The monoisotopic (exact) mass is 272 g/mol. The number of nitrogens with one attached hydrogen (secondary N) is 1. The zero-order chi connectivity index (χ0) is 13.1.